The number of halogens is 1. The predicted molar refractivity (Wildman–Crippen MR) is 128 cm³/mol. The quantitative estimate of drug-likeness (QED) is 0.644. The highest BCUT2D eigenvalue weighted by molar-refractivity contribution is 6.03. The van der Waals surface area contributed by atoms with Crippen LogP contribution in [0.4, 0.5) is 10.1 Å². The number of guanidine groups is 1. The zero-order chi connectivity index (χ0) is 25.2. The largest absolute Gasteiger partial charge is 0.394 e. The summed E-state index contributed by atoms with van der Waals surface area (Å²) in [4.78, 5) is 34.2. The van der Waals surface area contributed by atoms with Crippen LogP contribution in [0.25, 0.3) is 0 Å². The molecule has 0 fully saturated rings. The maximum Gasteiger partial charge on any atom is 0.274 e. The summed E-state index contributed by atoms with van der Waals surface area (Å²) in [5, 5.41) is 10.8. The first kappa shape index (κ1) is 27.7. The van der Waals surface area contributed by atoms with Crippen molar-refractivity contribution in [1.82, 2.24) is 9.88 Å². The fraction of sp³-hybridized carbons (Fsp3) is 0.417. The Hall–Kier alpha value is -3.33. The molecule has 2 aromatic rings. The predicted octanol–water partition coefficient (Wildman–Crippen LogP) is 3.67. The normalized spacial score (nSPS) is 17.3. The fourth-order valence-electron chi connectivity index (χ4n) is 3.00. The summed E-state index contributed by atoms with van der Waals surface area (Å²) < 4.78 is 13.0. The molecule has 8 nitrogen and oxygen atoms in total. The van der Waals surface area contributed by atoms with Gasteiger partial charge in [0.1, 0.15) is 11.5 Å². The topological polar surface area (TPSA) is 121 Å². The van der Waals surface area contributed by atoms with Crippen molar-refractivity contribution in [2.45, 2.75) is 59.1 Å². The van der Waals surface area contributed by atoms with Crippen molar-refractivity contribution in [3.05, 3.63) is 59.7 Å². The first-order valence-corrected chi connectivity index (χ1v) is 10.9. The van der Waals surface area contributed by atoms with Crippen LogP contribution < -0.4 is 11.1 Å². The minimum atomic E-state index is -0.775. The Morgan fingerprint density at radius 3 is 2.45 bits per heavy atom. The molecule has 3 rings (SSSR count). The summed E-state index contributed by atoms with van der Waals surface area (Å²) in [6.07, 6.45) is 1.58. The van der Waals surface area contributed by atoms with Crippen LogP contribution in [-0.2, 0) is 10.3 Å². The van der Waals surface area contributed by atoms with E-state index in [9.17, 15) is 14.0 Å². The van der Waals surface area contributed by atoms with Gasteiger partial charge in [0.05, 0.1) is 18.2 Å². The summed E-state index contributed by atoms with van der Waals surface area (Å²) >= 11 is 0. The van der Waals surface area contributed by atoms with Gasteiger partial charge >= 0.3 is 0 Å². The Morgan fingerprint density at radius 1 is 1.30 bits per heavy atom. The van der Waals surface area contributed by atoms with Crippen molar-refractivity contribution in [1.29, 1.82) is 0 Å². The second-order valence-electron chi connectivity index (χ2n) is 7.48. The van der Waals surface area contributed by atoms with E-state index in [2.05, 4.69) is 15.3 Å². The Morgan fingerprint density at radius 2 is 1.94 bits per heavy atom. The summed E-state index contributed by atoms with van der Waals surface area (Å²) in [7, 11) is 1.59. The van der Waals surface area contributed by atoms with Gasteiger partial charge in [0.2, 0.25) is 5.91 Å². The number of aliphatic imine (C=N–C) groups is 1. The van der Waals surface area contributed by atoms with Gasteiger partial charge in [0, 0.05) is 18.8 Å². The average Bonchev–Trinajstić information content (AvgIpc) is 2.78. The number of pyridine rings is 1. The van der Waals surface area contributed by atoms with Gasteiger partial charge in [-0.15, -0.1) is 0 Å². The van der Waals surface area contributed by atoms with Crippen molar-refractivity contribution in [2.75, 3.05) is 12.4 Å². The van der Waals surface area contributed by atoms with Gasteiger partial charge in [-0.05, 0) is 50.1 Å². The molecule has 2 amide bonds. The molecular weight excluding hydrogens is 425 g/mol. The van der Waals surface area contributed by atoms with Crippen LogP contribution in [0.1, 0.15) is 63.5 Å². The van der Waals surface area contributed by atoms with Crippen LogP contribution in [-0.4, -0.2) is 45.9 Å². The number of hydrogen-bond acceptors (Lipinski definition) is 6. The smallest absolute Gasteiger partial charge is 0.274 e. The zero-order valence-corrected chi connectivity index (χ0v) is 20.1. The molecule has 1 aliphatic rings. The third-order valence-corrected chi connectivity index (χ3v) is 4.69. The van der Waals surface area contributed by atoms with Gasteiger partial charge < -0.3 is 16.2 Å². The molecule has 180 valence electrons. The lowest BCUT2D eigenvalue weighted by Crippen LogP contribution is -2.48. The van der Waals surface area contributed by atoms with E-state index in [1.807, 2.05) is 26.8 Å². The Bertz CT molecular complexity index is 960. The van der Waals surface area contributed by atoms with Crippen molar-refractivity contribution >= 4 is 23.5 Å². The van der Waals surface area contributed by atoms with Crippen LogP contribution in [0.5, 0.6) is 0 Å². The van der Waals surface area contributed by atoms with E-state index in [1.165, 1.54) is 17.0 Å². The Labute approximate surface area is 194 Å². The lowest BCUT2D eigenvalue weighted by atomic mass is 9.83. The van der Waals surface area contributed by atoms with Crippen LogP contribution >= 0.6 is 0 Å². The van der Waals surface area contributed by atoms with Gasteiger partial charge in [-0.2, -0.15) is 0 Å². The lowest BCUT2D eigenvalue weighted by molar-refractivity contribution is -0.128. The molecule has 0 radical (unpaired) electrons. The molecule has 1 atom stereocenters. The highest BCUT2D eigenvalue weighted by Gasteiger charge is 2.38. The summed E-state index contributed by atoms with van der Waals surface area (Å²) in [6, 6.07) is 9.59. The molecule has 0 bridgehead atoms. The summed E-state index contributed by atoms with van der Waals surface area (Å²) in [6.45, 7) is 9.38. The van der Waals surface area contributed by atoms with E-state index in [1.54, 1.807) is 39.1 Å². The molecule has 1 aliphatic heterocycles. The number of carbonyl (C=O) groups is 2. The number of rotatable bonds is 4. The van der Waals surface area contributed by atoms with Gasteiger partial charge in [-0.1, -0.05) is 32.9 Å². The highest BCUT2D eigenvalue weighted by Crippen LogP contribution is 2.37. The molecular formula is C24H34FN5O3. The standard InChI is InChI=1S/C19H20FN5O2.C3H8O.C2H6/c1-3-19(10-16(26)25(2)18(21)24-19)12-5-4-6-14(9-12)23-17(27)15-8-7-13(20)11-22-15;1-3(2)4;1-2/h4-9,11H,3,10H2,1-2H3,(H2,21,24)(H,23,27);3-4H,1-2H3;1-2H3/t19-;;/m0../s1. The third-order valence-electron chi connectivity index (χ3n) is 4.69. The zero-order valence-electron chi connectivity index (χ0n) is 20.1. The number of amides is 2. The van der Waals surface area contributed by atoms with Crippen LogP contribution in [0.2, 0.25) is 0 Å². The number of aromatic nitrogens is 1. The van der Waals surface area contributed by atoms with Crippen LogP contribution in [0.3, 0.4) is 0 Å². The lowest BCUT2D eigenvalue weighted by Gasteiger charge is -2.36. The third kappa shape index (κ3) is 7.64. The van der Waals surface area contributed by atoms with E-state index < -0.39 is 17.3 Å². The van der Waals surface area contributed by atoms with Crippen molar-refractivity contribution in [2.24, 2.45) is 10.7 Å². The van der Waals surface area contributed by atoms with E-state index in [0.717, 1.165) is 11.8 Å². The van der Waals surface area contributed by atoms with Crippen LogP contribution in [0.15, 0.2) is 47.6 Å². The number of aliphatic hydroxyl groups excluding tert-OH is 1. The highest BCUT2D eigenvalue weighted by atomic mass is 19.1. The first-order valence-electron chi connectivity index (χ1n) is 10.9. The van der Waals surface area contributed by atoms with Gasteiger partial charge in [0.25, 0.3) is 5.91 Å². The van der Waals surface area contributed by atoms with E-state index in [0.29, 0.717) is 12.1 Å². The number of benzene rings is 1. The number of nitrogens with one attached hydrogen (secondary N) is 1. The number of hydrogen-bond donors (Lipinski definition) is 3. The SMILES string of the molecule is CC.CC(C)O.CC[C@@]1(c2cccc(NC(=O)c3ccc(F)cn3)c2)CC(=O)N(C)C(N)=N1. The van der Waals surface area contributed by atoms with E-state index >= 15 is 0 Å². The maximum absolute atomic E-state index is 13.0. The minimum Gasteiger partial charge on any atom is -0.394 e. The van der Waals surface area contributed by atoms with Crippen LogP contribution in [0, 0.1) is 5.82 Å². The summed E-state index contributed by atoms with van der Waals surface area (Å²) in [5.41, 5.74) is 6.54. The minimum absolute atomic E-state index is 0.101. The first-order chi connectivity index (χ1) is 15.6. The second kappa shape index (κ2) is 12.6. The molecule has 4 N–H and O–H groups in total. The number of aliphatic hydroxyl groups is 1. The fourth-order valence-corrected chi connectivity index (χ4v) is 3.00. The van der Waals surface area contributed by atoms with Crippen molar-refractivity contribution in [3.8, 4) is 0 Å². The Kier molecular flexibility index (Phi) is 10.6. The maximum atomic E-state index is 13.0. The molecule has 0 aliphatic carbocycles. The molecule has 1 aromatic carbocycles. The number of nitrogens with zero attached hydrogens (tertiary/aromatic N) is 3. The molecule has 33 heavy (non-hydrogen) atoms. The number of anilines is 1. The van der Waals surface area contributed by atoms with E-state index in [-0.39, 0.29) is 30.1 Å². The molecule has 0 saturated heterocycles. The molecule has 2 heterocycles. The number of nitrogens with two attached hydrogens (primary N) is 1. The summed E-state index contributed by atoms with van der Waals surface area (Å²) in [5.74, 6) is -0.923. The second-order valence-corrected chi connectivity index (χ2v) is 7.48. The van der Waals surface area contributed by atoms with Crippen molar-refractivity contribution in [3.63, 3.8) is 0 Å². The molecule has 0 unspecified atom stereocenters. The van der Waals surface area contributed by atoms with E-state index in [4.69, 9.17) is 10.8 Å². The molecule has 9 heteroatoms. The molecule has 1 aromatic heterocycles. The van der Waals surface area contributed by atoms with Gasteiger partial charge in [0.15, 0.2) is 5.96 Å². The monoisotopic (exact) mass is 459 g/mol. The van der Waals surface area contributed by atoms with Gasteiger partial charge in [-0.25, -0.2) is 14.4 Å². The average molecular weight is 460 g/mol. The van der Waals surface area contributed by atoms with Gasteiger partial charge in [-0.3, -0.25) is 14.5 Å². The van der Waals surface area contributed by atoms with Crippen molar-refractivity contribution < 1.29 is 19.1 Å². The number of carbonyl (C=O) groups excluding carboxylic acids is 2. The Balaban J connectivity index is 0.000000820. The molecule has 0 spiro atoms. The molecule has 0 saturated carbocycles.